The molecule has 0 radical (unpaired) electrons. The first-order valence-electron chi connectivity index (χ1n) is 11.2. The van der Waals surface area contributed by atoms with Crippen molar-refractivity contribution >= 4 is 22.5 Å². The first-order valence-corrected chi connectivity index (χ1v) is 11.2. The molecule has 1 saturated heterocycles. The van der Waals surface area contributed by atoms with E-state index in [0.717, 1.165) is 38.2 Å². The number of aromatic nitrogens is 2. The summed E-state index contributed by atoms with van der Waals surface area (Å²) in [5, 5.41) is 0.597. The zero-order chi connectivity index (χ0) is 21.5. The molecule has 1 atom stereocenters. The van der Waals surface area contributed by atoms with E-state index in [1.807, 2.05) is 4.90 Å². The van der Waals surface area contributed by atoms with E-state index in [2.05, 4.69) is 43.0 Å². The van der Waals surface area contributed by atoms with Gasteiger partial charge in [-0.05, 0) is 62.6 Å². The second kappa shape index (κ2) is 7.84. The van der Waals surface area contributed by atoms with Gasteiger partial charge in [0.2, 0.25) is 0 Å². The zero-order valence-electron chi connectivity index (χ0n) is 18.2. The van der Waals surface area contributed by atoms with Gasteiger partial charge in [0, 0.05) is 49.9 Å². The summed E-state index contributed by atoms with van der Waals surface area (Å²) < 4.78 is 1.79. The highest BCUT2D eigenvalue weighted by Gasteiger charge is 2.28. The maximum atomic E-state index is 13.3. The van der Waals surface area contributed by atoms with Crippen LogP contribution in [0.1, 0.15) is 41.5 Å². The Morgan fingerprint density at radius 2 is 1.94 bits per heavy atom. The van der Waals surface area contributed by atoms with Gasteiger partial charge in [0.25, 0.3) is 11.5 Å². The average Bonchev–Trinajstić information content (AvgIpc) is 2.78. The van der Waals surface area contributed by atoms with Gasteiger partial charge in [-0.15, -0.1) is 0 Å². The Bertz CT molecular complexity index is 1220. The number of carbonyl (C=O) groups is 1. The molecule has 0 bridgehead atoms. The molecule has 0 N–H and O–H groups in total. The number of hydrogen-bond donors (Lipinski definition) is 0. The van der Waals surface area contributed by atoms with Crippen molar-refractivity contribution in [2.45, 2.75) is 45.7 Å². The first kappa shape index (κ1) is 19.8. The number of nitrogens with zero attached hydrogens (tertiary/aromatic N) is 4. The largest absolute Gasteiger partial charge is 0.365 e. The van der Waals surface area contributed by atoms with Crippen LogP contribution in [0.3, 0.4) is 0 Å². The number of anilines is 1. The fraction of sp³-hybridized carbons (Fsp3) is 0.400. The number of benzene rings is 2. The Morgan fingerprint density at radius 1 is 1.06 bits per heavy atom. The minimum absolute atomic E-state index is 0.0114. The number of rotatable bonds is 2. The normalized spacial score (nSPS) is 18.8. The van der Waals surface area contributed by atoms with Crippen LogP contribution in [0, 0.1) is 6.92 Å². The van der Waals surface area contributed by atoms with Crippen LogP contribution < -0.4 is 10.5 Å². The van der Waals surface area contributed by atoms with Gasteiger partial charge < -0.3 is 9.80 Å². The predicted molar refractivity (Wildman–Crippen MR) is 123 cm³/mol. The lowest BCUT2D eigenvalue weighted by atomic mass is 10.1. The van der Waals surface area contributed by atoms with Crippen LogP contribution in [-0.4, -0.2) is 46.0 Å². The summed E-state index contributed by atoms with van der Waals surface area (Å²) in [7, 11) is 0. The van der Waals surface area contributed by atoms with Gasteiger partial charge in [-0.1, -0.05) is 12.1 Å². The molecule has 6 nitrogen and oxygen atoms in total. The van der Waals surface area contributed by atoms with Crippen LogP contribution in [0.4, 0.5) is 5.69 Å². The van der Waals surface area contributed by atoms with Gasteiger partial charge in [-0.25, -0.2) is 4.98 Å². The number of carbonyl (C=O) groups excluding carboxylic acids is 1. The third-order valence-corrected chi connectivity index (χ3v) is 6.56. The van der Waals surface area contributed by atoms with Gasteiger partial charge >= 0.3 is 0 Å². The van der Waals surface area contributed by atoms with Crippen LogP contribution in [0.25, 0.3) is 10.9 Å². The summed E-state index contributed by atoms with van der Waals surface area (Å²) in [4.78, 5) is 35.1. The van der Waals surface area contributed by atoms with Gasteiger partial charge in [0.05, 0.1) is 10.9 Å². The van der Waals surface area contributed by atoms with E-state index < -0.39 is 0 Å². The summed E-state index contributed by atoms with van der Waals surface area (Å²) in [5.74, 6) is 0.853. The van der Waals surface area contributed by atoms with E-state index in [9.17, 15) is 9.59 Å². The molecule has 0 saturated carbocycles. The summed E-state index contributed by atoms with van der Waals surface area (Å²) in [6.07, 6.45) is 2.89. The van der Waals surface area contributed by atoms with E-state index in [1.165, 1.54) is 11.3 Å². The number of aryl methyl sites for hydroxylation is 2. The van der Waals surface area contributed by atoms with Crippen LogP contribution in [0.15, 0.2) is 47.3 Å². The molecular weight excluding hydrogens is 388 g/mol. The Balaban J connectivity index is 1.38. The number of hydrogen-bond acceptors (Lipinski definition) is 4. The van der Waals surface area contributed by atoms with Crippen LogP contribution in [0.2, 0.25) is 0 Å². The fourth-order valence-electron chi connectivity index (χ4n) is 4.89. The van der Waals surface area contributed by atoms with Gasteiger partial charge in [-0.3, -0.25) is 14.2 Å². The quantitative estimate of drug-likeness (QED) is 0.643. The molecule has 1 amide bonds. The van der Waals surface area contributed by atoms with Crippen molar-refractivity contribution in [2.24, 2.45) is 0 Å². The van der Waals surface area contributed by atoms with Crippen molar-refractivity contribution in [3.63, 3.8) is 0 Å². The molecule has 31 heavy (non-hydrogen) atoms. The highest BCUT2D eigenvalue weighted by Crippen LogP contribution is 2.23. The van der Waals surface area contributed by atoms with Crippen molar-refractivity contribution in [3.8, 4) is 0 Å². The SMILES string of the molecule is Cc1cccc(N2CCN(C(=O)c3ccc4c(=O)n5c(nc4c3)CCCC5)C[C@H]2C)c1. The van der Waals surface area contributed by atoms with Gasteiger partial charge in [-0.2, -0.15) is 0 Å². The average molecular weight is 417 g/mol. The lowest BCUT2D eigenvalue weighted by Gasteiger charge is -2.41. The maximum Gasteiger partial charge on any atom is 0.261 e. The highest BCUT2D eigenvalue weighted by atomic mass is 16.2. The first-order chi connectivity index (χ1) is 15.0. The van der Waals surface area contributed by atoms with Crippen molar-refractivity contribution in [1.82, 2.24) is 14.5 Å². The lowest BCUT2D eigenvalue weighted by molar-refractivity contribution is 0.0726. The molecule has 3 aromatic rings. The highest BCUT2D eigenvalue weighted by molar-refractivity contribution is 5.97. The third kappa shape index (κ3) is 3.60. The molecule has 0 aliphatic carbocycles. The van der Waals surface area contributed by atoms with Crippen molar-refractivity contribution in [3.05, 3.63) is 69.8 Å². The van der Waals surface area contributed by atoms with E-state index in [4.69, 9.17) is 4.98 Å². The lowest BCUT2D eigenvalue weighted by Crippen LogP contribution is -2.53. The van der Waals surface area contributed by atoms with Crippen LogP contribution >= 0.6 is 0 Å². The molecule has 3 heterocycles. The number of fused-ring (bicyclic) bond motifs is 2. The van der Waals surface area contributed by atoms with Crippen molar-refractivity contribution < 1.29 is 4.79 Å². The molecule has 6 heteroatoms. The Morgan fingerprint density at radius 3 is 2.74 bits per heavy atom. The Kier molecular flexibility index (Phi) is 5.00. The molecule has 0 unspecified atom stereocenters. The summed E-state index contributed by atoms with van der Waals surface area (Å²) in [6.45, 7) is 7.15. The molecule has 160 valence electrons. The fourth-order valence-corrected chi connectivity index (χ4v) is 4.89. The summed E-state index contributed by atoms with van der Waals surface area (Å²) >= 11 is 0. The second-order valence-electron chi connectivity index (χ2n) is 8.81. The number of piperazine rings is 1. The van der Waals surface area contributed by atoms with Gasteiger partial charge in [0.1, 0.15) is 5.82 Å². The zero-order valence-corrected chi connectivity index (χ0v) is 18.2. The van der Waals surface area contributed by atoms with Crippen LogP contribution in [-0.2, 0) is 13.0 Å². The van der Waals surface area contributed by atoms with E-state index >= 15 is 0 Å². The van der Waals surface area contributed by atoms with E-state index in [-0.39, 0.29) is 17.5 Å². The monoisotopic (exact) mass is 416 g/mol. The minimum Gasteiger partial charge on any atom is -0.365 e. The summed E-state index contributed by atoms with van der Waals surface area (Å²) in [5.41, 5.74) is 3.70. The smallest absolute Gasteiger partial charge is 0.261 e. The molecule has 5 rings (SSSR count). The van der Waals surface area contributed by atoms with E-state index in [0.29, 0.717) is 29.6 Å². The molecule has 1 aromatic heterocycles. The standard InChI is InChI=1S/C25H28N4O2/c1-17-6-5-7-20(14-17)28-13-12-27(16-18(28)2)24(30)19-9-10-21-22(15-19)26-23-8-3-4-11-29(23)25(21)31/h5-7,9-10,14-15,18H,3-4,8,11-13,16H2,1-2H3/t18-/m1/s1. The van der Waals surface area contributed by atoms with E-state index in [1.54, 1.807) is 22.8 Å². The molecule has 0 spiro atoms. The minimum atomic E-state index is 0.0114. The molecule has 2 aliphatic heterocycles. The maximum absolute atomic E-state index is 13.3. The molecule has 1 fully saturated rings. The number of amides is 1. The Hall–Kier alpha value is -3.15. The van der Waals surface area contributed by atoms with Crippen LogP contribution in [0.5, 0.6) is 0 Å². The van der Waals surface area contributed by atoms with Crippen molar-refractivity contribution in [2.75, 3.05) is 24.5 Å². The third-order valence-electron chi connectivity index (χ3n) is 6.56. The molecule has 2 aliphatic rings. The summed E-state index contributed by atoms with van der Waals surface area (Å²) in [6, 6.07) is 14.1. The second-order valence-corrected chi connectivity index (χ2v) is 8.81. The molecular formula is C25H28N4O2. The molecule has 2 aromatic carbocycles. The van der Waals surface area contributed by atoms with Crippen molar-refractivity contribution in [1.29, 1.82) is 0 Å². The Labute approximate surface area is 182 Å². The topological polar surface area (TPSA) is 58.4 Å². The van der Waals surface area contributed by atoms with Gasteiger partial charge in [0.15, 0.2) is 0 Å². The predicted octanol–water partition coefficient (Wildman–Crippen LogP) is 3.39.